The molecule has 0 saturated carbocycles. The standard InChI is InChI=1S/C21H24N2O4S/c1-12(2)23(13(3)4)20(24)14(5)26-21(25)17-11-10-16(27-17)19-22-15-8-6-7-9-18(15)28-19/h6-14H,1-5H3/t14-/m0/s1. The highest BCUT2D eigenvalue weighted by Crippen LogP contribution is 2.31. The zero-order valence-corrected chi connectivity index (χ0v) is 17.4. The minimum atomic E-state index is -0.895. The third kappa shape index (κ3) is 4.09. The fraction of sp³-hybridized carbons (Fsp3) is 0.381. The number of rotatable bonds is 6. The van der Waals surface area contributed by atoms with E-state index in [4.69, 9.17) is 9.15 Å². The molecule has 3 rings (SSSR count). The number of para-hydroxylation sites is 1. The second-order valence-electron chi connectivity index (χ2n) is 7.13. The molecule has 0 radical (unpaired) electrons. The maximum Gasteiger partial charge on any atom is 0.375 e. The van der Waals surface area contributed by atoms with E-state index in [0.29, 0.717) is 10.8 Å². The number of hydrogen-bond acceptors (Lipinski definition) is 6. The van der Waals surface area contributed by atoms with Crippen molar-refractivity contribution in [2.24, 2.45) is 0 Å². The summed E-state index contributed by atoms with van der Waals surface area (Å²) < 4.78 is 12.0. The summed E-state index contributed by atoms with van der Waals surface area (Å²) in [5.41, 5.74) is 0.879. The number of furan rings is 1. The van der Waals surface area contributed by atoms with E-state index in [1.54, 1.807) is 24.0 Å². The average Bonchev–Trinajstić information content (AvgIpc) is 3.27. The van der Waals surface area contributed by atoms with Crippen molar-refractivity contribution < 1.29 is 18.7 Å². The van der Waals surface area contributed by atoms with Crippen LogP contribution >= 0.6 is 11.3 Å². The van der Waals surface area contributed by atoms with Crippen molar-refractivity contribution in [3.8, 4) is 10.8 Å². The van der Waals surface area contributed by atoms with Crippen molar-refractivity contribution in [3.63, 3.8) is 0 Å². The van der Waals surface area contributed by atoms with Crippen LogP contribution in [-0.2, 0) is 9.53 Å². The van der Waals surface area contributed by atoms with Gasteiger partial charge in [-0.05, 0) is 58.9 Å². The van der Waals surface area contributed by atoms with Crippen molar-refractivity contribution >= 4 is 33.4 Å². The highest BCUT2D eigenvalue weighted by Gasteiger charge is 2.29. The lowest BCUT2D eigenvalue weighted by Gasteiger charge is -2.32. The van der Waals surface area contributed by atoms with E-state index in [1.165, 1.54) is 11.3 Å². The van der Waals surface area contributed by atoms with Crippen molar-refractivity contribution in [1.29, 1.82) is 0 Å². The maximum atomic E-state index is 12.6. The molecule has 0 fully saturated rings. The van der Waals surface area contributed by atoms with E-state index < -0.39 is 12.1 Å². The lowest BCUT2D eigenvalue weighted by molar-refractivity contribution is -0.143. The second kappa shape index (κ2) is 8.14. The molecule has 0 aliphatic carbocycles. The molecule has 0 N–H and O–H groups in total. The zero-order valence-electron chi connectivity index (χ0n) is 16.6. The maximum absolute atomic E-state index is 12.6. The first-order valence-electron chi connectivity index (χ1n) is 9.27. The normalized spacial score (nSPS) is 12.5. The molecule has 6 nitrogen and oxygen atoms in total. The Morgan fingerprint density at radius 2 is 1.71 bits per heavy atom. The number of benzene rings is 1. The number of aromatic nitrogens is 1. The SMILES string of the molecule is CC(C)N(C(=O)[C@H](C)OC(=O)c1ccc(-c2nc3ccccc3s2)o1)C(C)C. The van der Waals surface area contributed by atoms with E-state index >= 15 is 0 Å². The molecule has 3 aromatic rings. The van der Waals surface area contributed by atoms with Gasteiger partial charge in [0.05, 0.1) is 10.2 Å². The van der Waals surface area contributed by atoms with Crippen molar-refractivity contribution in [1.82, 2.24) is 9.88 Å². The number of nitrogens with zero attached hydrogens (tertiary/aromatic N) is 2. The minimum Gasteiger partial charge on any atom is -0.447 e. The topological polar surface area (TPSA) is 72.6 Å². The molecule has 2 aromatic heterocycles. The summed E-state index contributed by atoms with van der Waals surface area (Å²) in [5.74, 6) is -0.343. The van der Waals surface area contributed by atoms with Crippen LogP contribution in [0.1, 0.15) is 45.2 Å². The number of carbonyl (C=O) groups is 2. The predicted octanol–water partition coefficient (Wildman–Crippen LogP) is 4.75. The molecule has 1 aromatic carbocycles. The molecule has 7 heteroatoms. The Morgan fingerprint density at radius 3 is 2.36 bits per heavy atom. The molecule has 0 aliphatic heterocycles. The lowest BCUT2D eigenvalue weighted by Crippen LogP contribution is -2.47. The molecular formula is C21H24N2O4S. The van der Waals surface area contributed by atoms with Gasteiger partial charge in [0, 0.05) is 12.1 Å². The Balaban J connectivity index is 1.72. The molecule has 0 saturated heterocycles. The molecule has 0 unspecified atom stereocenters. The van der Waals surface area contributed by atoms with Crippen molar-refractivity contribution in [3.05, 3.63) is 42.2 Å². The van der Waals surface area contributed by atoms with Crippen LogP contribution in [-0.4, -0.2) is 39.9 Å². The molecule has 0 bridgehead atoms. The van der Waals surface area contributed by atoms with E-state index in [9.17, 15) is 9.59 Å². The number of thiazole rings is 1. The van der Waals surface area contributed by atoms with Crippen LogP contribution in [0.3, 0.4) is 0 Å². The molecule has 1 amide bonds. The second-order valence-corrected chi connectivity index (χ2v) is 8.16. The molecule has 2 heterocycles. The fourth-order valence-electron chi connectivity index (χ4n) is 3.12. The highest BCUT2D eigenvalue weighted by atomic mass is 32.1. The van der Waals surface area contributed by atoms with E-state index in [0.717, 1.165) is 10.2 Å². The highest BCUT2D eigenvalue weighted by molar-refractivity contribution is 7.21. The Kier molecular flexibility index (Phi) is 5.84. The summed E-state index contributed by atoms with van der Waals surface area (Å²) in [6.07, 6.45) is -0.895. The van der Waals surface area contributed by atoms with Gasteiger partial charge in [0.15, 0.2) is 16.9 Å². The third-order valence-electron chi connectivity index (χ3n) is 4.31. The van der Waals surface area contributed by atoms with Crippen LogP contribution < -0.4 is 0 Å². The minimum absolute atomic E-state index is 0.0166. The van der Waals surface area contributed by atoms with Crippen LogP contribution in [0.4, 0.5) is 0 Å². The number of amides is 1. The summed E-state index contributed by atoms with van der Waals surface area (Å²) in [6, 6.07) is 11.1. The zero-order chi connectivity index (χ0) is 20.4. The molecule has 1 atom stereocenters. The first-order valence-corrected chi connectivity index (χ1v) is 10.1. The van der Waals surface area contributed by atoms with Gasteiger partial charge in [-0.3, -0.25) is 4.79 Å². The molecule has 148 valence electrons. The summed E-state index contributed by atoms with van der Waals surface area (Å²) in [4.78, 5) is 31.3. The van der Waals surface area contributed by atoms with Crippen molar-refractivity contribution in [2.75, 3.05) is 0 Å². The predicted molar refractivity (Wildman–Crippen MR) is 109 cm³/mol. The van der Waals surface area contributed by atoms with Gasteiger partial charge in [0.25, 0.3) is 5.91 Å². The fourth-order valence-corrected chi connectivity index (χ4v) is 4.05. The summed E-state index contributed by atoms with van der Waals surface area (Å²) in [7, 11) is 0. The Labute approximate surface area is 168 Å². The van der Waals surface area contributed by atoms with Gasteiger partial charge in [-0.1, -0.05) is 12.1 Å². The van der Waals surface area contributed by atoms with Gasteiger partial charge in [0.1, 0.15) is 0 Å². The molecular weight excluding hydrogens is 376 g/mol. The first-order chi connectivity index (χ1) is 13.3. The van der Waals surface area contributed by atoms with Crippen LogP contribution in [0, 0.1) is 0 Å². The Morgan fingerprint density at radius 1 is 1.04 bits per heavy atom. The summed E-state index contributed by atoms with van der Waals surface area (Å²) in [6.45, 7) is 9.31. The number of hydrogen-bond donors (Lipinski definition) is 0. The van der Waals surface area contributed by atoms with Crippen LogP contribution in [0.25, 0.3) is 21.0 Å². The average molecular weight is 401 g/mol. The number of fused-ring (bicyclic) bond motifs is 1. The van der Waals surface area contributed by atoms with Gasteiger partial charge in [0.2, 0.25) is 5.76 Å². The van der Waals surface area contributed by atoms with Crippen molar-refractivity contribution in [2.45, 2.75) is 52.8 Å². The first kappa shape index (κ1) is 20.1. The number of esters is 1. The largest absolute Gasteiger partial charge is 0.447 e. The Hall–Kier alpha value is -2.67. The van der Waals surface area contributed by atoms with E-state index in [2.05, 4.69) is 4.98 Å². The number of ether oxygens (including phenoxy) is 1. The monoisotopic (exact) mass is 400 g/mol. The van der Waals surface area contributed by atoms with Crippen LogP contribution in [0.2, 0.25) is 0 Å². The molecule has 0 spiro atoms. The quantitative estimate of drug-likeness (QED) is 0.559. The lowest BCUT2D eigenvalue weighted by atomic mass is 10.2. The van der Waals surface area contributed by atoms with Gasteiger partial charge in [-0.15, -0.1) is 11.3 Å². The summed E-state index contributed by atoms with van der Waals surface area (Å²) >= 11 is 1.49. The third-order valence-corrected chi connectivity index (χ3v) is 5.36. The molecule has 0 aliphatic rings. The number of carbonyl (C=O) groups excluding carboxylic acids is 2. The smallest absolute Gasteiger partial charge is 0.375 e. The Bertz CT molecular complexity index is 948. The summed E-state index contributed by atoms with van der Waals surface area (Å²) in [5, 5.41) is 0.690. The molecule has 28 heavy (non-hydrogen) atoms. The van der Waals surface area contributed by atoms with Gasteiger partial charge >= 0.3 is 5.97 Å². The van der Waals surface area contributed by atoms with Gasteiger partial charge in [-0.2, -0.15) is 0 Å². The van der Waals surface area contributed by atoms with E-state index in [1.807, 2.05) is 52.0 Å². The van der Waals surface area contributed by atoms with Crippen LogP contribution in [0.15, 0.2) is 40.8 Å². The van der Waals surface area contributed by atoms with Gasteiger partial charge < -0.3 is 14.1 Å². The van der Waals surface area contributed by atoms with Gasteiger partial charge in [-0.25, -0.2) is 9.78 Å². The van der Waals surface area contributed by atoms with Crippen LogP contribution in [0.5, 0.6) is 0 Å². The van der Waals surface area contributed by atoms with E-state index in [-0.39, 0.29) is 23.8 Å².